The lowest BCUT2D eigenvalue weighted by molar-refractivity contribution is 0.0933. The van der Waals surface area contributed by atoms with Crippen LogP contribution in [-0.4, -0.2) is 20.9 Å². The van der Waals surface area contributed by atoms with E-state index in [0.717, 1.165) is 12.8 Å². The van der Waals surface area contributed by atoms with Crippen molar-refractivity contribution in [1.29, 1.82) is 0 Å². The molecule has 1 amide bonds. The molecule has 1 saturated carbocycles. The highest BCUT2D eigenvalue weighted by atomic mass is 79.9. The third-order valence-electron chi connectivity index (χ3n) is 3.95. The summed E-state index contributed by atoms with van der Waals surface area (Å²) in [5.74, 6) is -0.294. The van der Waals surface area contributed by atoms with Gasteiger partial charge in [-0.25, -0.2) is 8.42 Å². The zero-order chi connectivity index (χ0) is 15.7. The molecular formula is C14H17BrClNO3S. The monoisotopic (exact) mass is 393 g/mol. The van der Waals surface area contributed by atoms with E-state index >= 15 is 0 Å². The SMILES string of the molecule is CC1(CNC(=O)c2cc(S(=O)(=O)Cl)ccc2Br)CCCC1. The molecule has 0 aliphatic heterocycles. The minimum absolute atomic E-state index is 0.0791. The first-order chi connectivity index (χ1) is 9.71. The summed E-state index contributed by atoms with van der Waals surface area (Å²) in [6, 6.07) is 4.17. The zero-order valence-corrected chi connectivity index (χ0v) is 14.8. The summed E-state index contributed by atoms with van der Waals surface area (Å²) < 4.78 is 23.3. The van der Waals surface area contributed by atoms with Crippen molar-refractivity contribution in [3.8, 4) is 0 Å². The molecule has 116 valence electrons. The van der Waals surface area contributed by atoms with Crippen molar-refractivity contribution in [3.63, 3.8) is 0 Å². The Balaban J connectivity index is 2.15. The second-order valence-electron chi connectivity index (χ2n) is 5.78. The average molecular weight is 395 g/mol. The molecule has 1 aromatic rings. The standard InChI is InChI=1S/C14H17BrClNO3S/c1-14(6-2-3-7-14)9-17-13(18)11-8-10(21(16,19)20)4-5-12(11)15/h4-5,8H,2-3,6-7,9H2,1H3,(H,17,18). The van der Waals surface area contributed by atoms with Gasteiger partial charge in [0.05, 0.1) is 10.5 Å². The number of hydrogen-bond donors (Lipinski definition) is 1. The van der Waals surface area contributed by atoms with Gasteiger partial charge in [0.25, 0.3) is 15.0 Å². The highest BCUT2D eigenvalue weighted by molar-refractivity contribution is 9.10. The molecule has 1 aliphatic rings. The van der Waals surface area contributed by atoms with E-state index in [1.165, 1.54) is 31.0 Å². The Morgan fingerprint density at radius 1 is 1.38 bits per heavy atom. The first-order valence-corrected chi connectivity index (χ1v) is 9.84. The predicted octanol–water partition coefficient (Wildman–Crippen LogP) is 3.69. The van der Waals surface area contributed by atoms with E-state index in [-0.39, 0.29) is 21.8 Å². The molecule has 7 heteroatoms. The molecule has 2 rings (SSSR count). The number of hydrogen-bond acceptors (Lipinski definition) is 3. The van der Waals surface area contributed by atoms with Gasteiger partial charge in [-0.3, -0.25) is 4.79 Å². The van der Waals surface area contributed by atoms with Crippen LogP contribution in [0.3, 0.4) is 0 Å². The summed E-state index contributed by atoms with van der Waals surface area (Å²) in [4.78, 5) is 12.2. The van der Waals surface area contributed by atoms with Crippen molar-refractivity contribution in [1.82, 2.24) is 5.32 Å². The van der Waals surface area contributed by atoms with Crippen molar-refractivity contribution in [2.24, 2.45) is 5.41 Å². The lowest BCUT2D eigenvalue weighted by atomic mass is 9.89. The van der Waals surface area contributed by atoms with Crippen LogP contribution in [0, 0.1) is 5.41 Å². The fourth-order valence-electron chi connectivity index (χ4n) is 2.62. The van der Waals surface area contributed by atoms with Crippen molar-refractivity contribution in [2.45, 2.75) is 37.5 Å². The lowest BCUT2D eigenvalue weighted by Gasteiger charge is -2.23. The van der Waals surface area contributed by atoms with Gasteiger partial charge in [-0.05, 0) is 52.4 Å². The summed E-state index contributed by atoms with van der Waals surface area (Å²) in [5, 5.41) is 2.89. The van der Waals surface area contributed by atoms with Gasteiger partial charge in [-0.15, -0.1) is 0 Å². The lowest BCUT2D eigenvalue weighted by Crippen LogP contribution is -2.34. The van der Waals surface area contributed by atoms with E-state index in [9.17, 15) is 13.2 Å². The molecule has 1 aromatic carbocycles. The maximum absolute atomic E-state index is 12.3. The Hall–Kier alpha value is -0.590. The molecule has 1 N–H and O–H groups in total. The quantitative estimate of drug-likeness (QED) is 0.792. The number of rotatable bonds is 4. The largest absolute Gasteiger partial charge is 0.351 e. The van der Waals surface area contributed by atoms with Gasteiger partial charge in [0.15, 0.2) is 0 Å². The van der Waals surface area contributed by atoms with Crippen LogP contribution in [0.5, 0.6) is 0 Å². The van der Waals surface area contributed by atoms with Gasteiger partial charge in [0, 0.05) is 21.7 Å². The molecule has 0 saturated heterocycles. The summed E-state index contributed by atoms with van der Waals surface area (Å²) in [7, 11) is 1.47. The van der Waals surface area contributed by atoms with Crippen LogP contribution in [0.1, 0.15) is 43.0 Å². The Labute approximate surface area is 137 Å². The van der Waals surface area contributed by atoms with E-state index < -0.39 is 9.05 Å². The average Bonchev–Trinajstić information content (AvgIpc) is 2.83. The van der Waals surface area contributed by atoms with Gasteiger partial charge in [0.1, 0.15) is 0 Å². The fourth-order valence-corrected chi connectivity index (χ4v) is 3.83. The summed E-state index contributed by atoms with van der Waals surface area (Å²) >= 11 is 3.27. The highest BCUT2D eigenvalue weighted by Gasteiger charge is 2.29. The third-order valence-corrected chi connectivity index (χ3v) is 5.99. The molecule has 0 radical (unpaired) electrons. The minimum Gasteiger partial charge on any atom is -0.351 e. The van der Waals surface area contributed by atoms with Gasteiger partial charge in [-0.2, -0.15) is 0 Å². The minimum atomic E-state index is -3.85. The van der Waals surface area contributed by atoms with Gasteiger partial charge < -0.3 is 5.32 Å². The van der Waals surface area contributed by atoms with Crippen LogP contribution >= 0.6 is 26.6 Å². The van der Waals surface area contributed by atoms with Crippen molar-refractivity contribution >= 4 is 41.6 Å². The van der Waals surface area contributed by atoms with Crippen LogP contribution in [0.4, 0.5) is 0 Å². The number of nitrogens with one attached hydrogen (secondary N) is 1. The fraction of sp³-hybridized carbons (Fsp3) is 0.500. The highest BCUT2D eigenvalue weighted by Crippen LogP contribution is 2.36. The molecule has 0 unspecified atom stereocenters. The summed E-state index contributed by atoms with van der Waals surface area (Å²) in [5.41, 5.74) is 0.413. The maximum Gasteiger partial charge on any atom is 0.261 e. The molecule has 0 bridgehead atoms. The van der Waals surface area contributed by atoms with Crippen molar-refractivity contribution in [3.05, 3.63) is 28.2 Å². The second-order valence-corrected chi connectivity index (χ2v) is 9.20. The van der Waals surface area contributed by atoms with Crippen LogP contribution in [0.25, 0.3) is 0 Å². The van der Waals surface area contributed by atoms with Crippen molar-refractivity contribution < 1.29 is 13.2 Å². The van der Waals surface area contributed by atoms with E-state index in [2.05, 4.69) is 28.2 Å². The van der Waals surface area contributed by atoms with E-state index in [1.807, 2.05) is 0 Å². The van der Waals surface area contributed by atoms with Crippen LogP contribution in [0.2, 0.25) is 0 Å². The Kier molecular flexibility index (Phi) is 5.00. The Morgan fingerprint density at radius 2 is 2.00 bits per heavy atom. The van der Waals surface area contributed by atoms with Gasteiger partial charge >= 0.3 is 0 Å². The van der Waals surface area contributed by atoms with Gasteiger partial charge in [-0.1, -0.05) is 19.8 Å². The zero-order valence-electron chi connectivity index (χ0n) is 11.7. The molecule has 0 atom stereocenters. The van der Waals surface area contributed by atoms with Gasteiger partial charge in [0.2, 0.25) is 0 Å². The Morgan fingerprint density at radius 3 is 2.57 bits per heavy atom. The maximum atomic E-state index is 12.3. The van der Waals surface area contributed by atoms with Crippen LogP contribution in [0.15, 0.2) is 27.6 Å². The molecular weight excluding hydrogens is 378 g/mol. The second kappa shape index (κ2) is 6.26. The number of carbonyl (C=O) groups is 1. The first kappa shape index (κ1) is 16.8. The molecule has 21 heavy (non-hydrogen) atoms. The molecule has 0 spiro atoms. The summed E-state index contributed by atoms with van der Waals surface area (Å²) in [6.45, 7) is 2.76. The third kappa shape index (κ3) is 4.20. The normalized spacial score (nSPS) is 17.7. The summed E-state index contributed by atoms with van der Waals surface area (Å²) in [6.07, 6.45) is 4.58. The molecule has 1 fully saturated rings. The number of carbonyl (C=O) groups excluding carboxylic acids is 1. The van der Waals surface area contributed by atoms with Crippen LogP contribution < -0.4 is 5.32 Å². The molecule has 0 aromatic heterocycles. The first-order valence-electron chi connectivity index (χ1n) is 6.74. The number of benzene rings is 1. The van der Waals surface area contributed by atoms with Crippen LogP contribution in [-0.2, 0) is 9.05 Å². The molecule has 4 nitrogen and oxygen atoms in total. The van der Waals surface area contributed by atoms with E-state index in [0.29, 0.717) is 11.0 Å². The molecule has 1 aliphatic carbocycles. The smallest absolute Gasteiger partial charge is 0.261 e. The van der Waals surface area contributed by atoms with E-state index in [1.54, 1.807) is 0 Å². The van der Waals surface area contributed by atoms with E-state index in [4.69, 9.17) is 10.7 Å². The Bertz CT molecular complexity index is 654. The molecule has 0 heterocycles. The topological polar surface area (TPSA) is 63.2 Å². The number of amides is 1. The van der Waals surface area contributed by atoms with Crippen molar-refractivity contribution in [2.75, 3.05) is 6.54 Å². The predicted molar refractivity (Wildman–Crippen MR) is 86.1 cm³/mol. The number of halogens is 2.